The number of ether oxygens (including phenoxy) is 1. The van der Waals surface area contributed by atoms with E-state index in [9.17, 15) is 0 Å². The van der Waals surface area contributed by atoms with Crippen molar-refractivity contribution in [3.8, 4) is 0 Å². The number of aryl methyl sites for hydroxylation is 1. The summed E-state index contributed by atoms with van der Waals surface area (Å²) in [6, 6.07) is 2.24. The molecule has 0 unspecified atom stereocenters. The number of hydrogen-bond donors (Lipinski definition) is 1. The van der Waals surface area contributed by atoms with Gasteiger partial charge in [0.15, 0.2) is 0 Å². The Morgan fingerprint density at radius 2 is 2.33 bits per heavy atom. The molecule has 1 aromatic rings. The minimum Gasteiger partial charge on any atom is -0.380 e. The van der Waals surface area contributed by atoms with Gasteiger partial charge in [0.1, 0.15) is 0 Å². The molecule has 0 bridgehead atoms. The average molecular weight is 290 g/mol. The fourth-order valence-corrected chi connectivity index (χ4v) is 3.25. The van der Waals surface area contributed by atoms with Crippen molar-refractivity contribution >= 4 is 27.3 Å². The molecule has 1 aliphatic rings. The van der Waals surface area contributed by atoms with E-state index in [1.807, 2.05) is 11.3 Å². The van der Waals surface area contributed by atoms with E-state index in [1.54, 1.807) is 0 Å². The normalized spacial score (nSPS) is 18.9. The van der Waals surface area contributed by atoms with Gasteiger partial charge in [0, 0.05) is 23.4 Å². The van der Waals surface area contributed by atoms with Crippen molar-refractivity contribution in [3.05, 3.63) is 20.3 Å². The SMILES string of the molecule is Cc1cc(CNCC2(C)COC2)sc1Br. The van der Waals surface area contributed by atoms with Gasteiger partial charge >= 0.3 is 0 Å². The zero-order valence-electron chi connectivity index (χ0n) is 9.10. The number of rotatable bonds is 4. The van der Waals surface area contributed by atoms with Gasteiger partial charge in [-0.15, -0.1) is 11.3 Å². The van der Waals surface area contributed by atoms with E-state index in [0.29, 0.717) is 5.41 Å². The molecule has 0 radical (unpaired) electrons. The van der Waals surface area contributed by atoms with Gasteiger partial charge in [-0.05, 0) is 34.5 Å². The van der Waals surface area contributed by atoms with Crippen molar-refractivity contribution in [2.45, 2.75) is 20.4 Å². The topological polar surface area (TPSA) is 21.3 Å². The lowest BCUT2D eigenvalue weighted by atomic mass is 9.89. The van der Waals surface area contributed by atoms with Gasteiger partial charge in [0.05, 0.1) is 17.0 Å². The lowest BCUT2D eigenvalue weighted by molar-refractivity contribution is -0.0991. The van der Waals surface area contributed by atoms with E-state index in [0.717, 1.165) is 26.3 Å². The second-order valence-electron chi connectivity index (χ2n) is 4.58. The van der Waals surface area contributed by atoms with Gasteiger partial charge in [-0.1, -0.05) is 6.92 Å². The summed E-state index contributed by atoms with van der Waals surface area (Å²) >= 11 is 5.36. The third-order valence-corrected chi connectivity index (χ3v) is 4.80. The zero-order chi connectivity index (χ0) is 10.9. The smallest absolute Gasteiger partial charge is 0.0730 e. The maximum Gasteiger partial charge on any atom is 0.0730 e. The summed E-state index contributed by atoms with van der Waals surface area (Å²) in [5, 5.41) is 3.49. The van der Waals surface area contributed by atoms with E-state index >= 15 is 0 Å². The molecule has 1 aliphatic heterocycles. The van der Waals surface area contributed by atoms with Crippen LogP contribution in [0.3, 0.4) is 0 Å². The van der Waals surface area contributed by atoms with E-state index in [-0.39, 0.29) is 0 Å². The quantitative estimate of drug-likeness (QED) is 0.920. The second kappa shape index (κ2) is 4.53. The Kier molecular flexibility index (Phi) is 3.50. The van der Waals surface area contributed by atoms with Crippen LogP contribution in [0.2, 0.25) is 0 Å². The van der Waals surface area contributed by atoms with E-state index in [1.165, 1.54) is 14.2 Å². The van der Waals surface area contributed by atoms with Crippen molar-refractivity contribution in [1.82, 2.24) is 5.32 Å². The molecule has 0 atom stereocenters. The van der Waals surface area contributed by atoms with Crippen LogP contribution in [-0.4, -0.2) is 19.8 Å². The van der Waals surface area contributed by atoms with E-state index < -0.39 is 0 Å². The molecule has 2 nitrogen and oxygen atoms in total. The van der Waals surface area contributed by atoms with E-state index in [4.69, 9.17) is 4.74 Å². The van der Waals surface area contributed by atoms with Crippen molar-refractivity contribution in [2.24, 2.45) is 5.41 Å². The molecule has 84 valence electrons. The van der Waals surface area contributed by atoms with Gasteiger partial charge < -0.3 is 10.1 Å². The van der Waals surface area contributed by atoms with Crippen LogP contribution in [0.4, 0.5) is 0 Å². The lowest BCUT2D eigenvalue weighted by Gasteiger charge is -2.38. The van der Waals surface area contributed by atoms with Gasteiger partial charge in [0.2, 0.25) is 0 Å². The van der Waals surface area contributed by atoms with Crippen LogP contribution in [0.25, 0.3) is 0 Å². The Balaban J connectivity index is 1.78. The van der Waals surface area contributed by atoms with E-state index in [2.05, 4.69) is 41.2 Å². The minimum atomic E-state index is 0.365. The first-order valence-electron chi connectivity index (χ1n) is 5.12. The number of nitrogens with one attached hydrogen (secondary N) is 1. The minimum absolute atomic E-state index is 0.365. The summed E-state index contributed by atoms with van der Waals surface area (Å²) in [7, 11) is 0. The number of hydrogen-bond acceptors (Lipinski definition) is 3. The summed E-state index contributed by atoms with van der Waals surface area (Å²) in [6.45, 7) is 8.19. The fraction of sp³-hybridized carbons (Fsp3) is 0.636. The van der Waals surface area contributed by atoms with Crippen LogP contribution in [0.1, 0.15) is 17.4 Å². The average Bonchev–Trinajstić information content (AvgIpc) is 2.43. The predicted octanol–water partition coefficient (Wildman–Crippen LogP) is 2.95. The molecule has 2 heterocycles. The highest BCUT2D eigenvalue weighted by atomic mass is 79.9. The Labute approximate surface area is 103 Å². The van der Waals surface area contributed by atoms with Crippen LogP contribution >= 0.6 is 27.3 Å². The third-order valence-electron chi connectivity index (χ3n) is 2.66. The maximum atomic E-state index is 5.22. The number of halogens is 1. The molecule has 0 spiro atoms. The maximum absolute atomic E-state index is 5.22. The summed E-state index contributed by atoms with van der Waals surface area (Å²) < 4.78 is 6.47. The highest BCUT2D eigenvalue weighted by Gasteiger charge is 2.32. The second-order valence-corrected chi connectivity index (χ2v) is 7.03. The molecule has 1 N–H and O–H groups in total. The molecule has 4 heteroatoms. The molecule has 15 heavy (non-hydrogen) atoms. The molecule has 1 fully saturated rings. The summed E-state index contributed by atoms with van der Waals surface area (Å²) in [6.07, 6.45) is 0. The van der Waals surface area contributed by atoms with Crippen molar-refractivity contribution in [3.63, 3.8) is 0 Å². The molecule has 2 rings (SSSR count). The molecule has 0 amide bonds. The lowest BCUT2D eigenvalue weighted by Crippen LogP contribution is -2.47. The molecule has 0 aliphatic carbocycles. The Bertz CT molecular complexity index is 327. The van der Waals surface area contributed by atoms with Crippen LogP contribution in [0, 0.1) is 12.3 Å². The van der Waals surface area contributed by atoms with Crippen molar-refractivity contribution < 1.29 is 4.74 Å². The van der Waals surface area contributed by atoms with Crippen molar-refractivity contribution in [1.29, 1.82) is 0 Å². The Morgan fingerprint density at radius 1 is 1.60 bits per heavy atom. The largest absolute Gasteiger partial charge is 0.380 e. The summed E-state index contributed by atoms with van der Waals surface area (Å²) in [4.78, 5) is 1.39. The first kappa shape index (κ1) is 11.6. The van der Waals surface area contributed by atoms with Gasteiger partial charge in [0.25, 0.3) is 0 Å². The predicted molar refractivity (Wildman–Crippen MR) is 67.4 cm³/mol. The standard InChI is InChI=1S/C11H16BrNOS/c1-8-3-9(15-10(8)12)4-13-5-11(2)6-14-7-11/h3,13H,4-7H2,1-2H3. The first-order chi connectivity index (χ1) is 7.09. The third kappa shape index (κ3) is 2.81. The van der Waals surface area contributed by atoms with Gasteiger partial charge in [-0.2, -0.15) is 0 Å². The van der Waals surface area contributed by atoms with Gasteiger partial charge in [-0.25, -0.2) is 0 Å². The monoisotopic (exact) mass is 289 g/mol. The Hall–Kier alpha value is 0.100. The van der Waals surface area contributed by atoms with Crippen LogP contribution in [0.15, 0.2) is 9.85 Å². The number of thiophene rings is 1. The van der Waals surface area contributed by atoms with Crippen LogP contribution < -0.4 is 5.32 Å². The van der Waals surface area contributed by atoms with Crippen LogP contribution in [0.5, 0.6) is 0 Å². The van der Waals surface area contributed by atoms with Crippen LogP contribution in [-0.2, 0) is 11.3 Å². The summed E-state index contributed by atoms with van der Waals surface area (Å²) in [5.41, 5.74) is 1.69. The highest BCUT2D eigenvalue weighted by molar-refractivity contribution is 9.11. The van der Waals surface area contributed by atoms with Crippen molar-refractivity contribution in [2.75, 3.05) is 19.8 Å². The molecular weight excluding hydrogens is 274 g/mol. The zero-order valence-corrected chi connectivity index (χ0v) is 11.5. The molecule has 1 saturated heterocycles. The van der Waals surface area contributed by atoms with Gasteiger partial charge in [-0.3, -0.25) is 0 Å². The molecular formula is C11H16BrNOS. The first-order valence-corrected chi connectivity index (χ1v) is 6.73. The Morgan fingerprint density at radius 3 is 2.80 bits per heavy atom. The molecule has 0 saturated carbocycles. The fourth-order valence-electron chi connectivity index (χ4n) is 1.65. The molecule has 1 aromatic heterocycles. The summed E-state index contributed by atoms with van der Waals surface area (Å²) in [5.74, 6) is 0. The molecule has 0 aromatic carbocycles. The highest BCUT2D eigenvalue weighted by Crippen LogP contribution is 2.28.